The summed E-state index contributed by atoms with van der Waals surface area (Å²) in [7, 11) is 0. The first-order valence-electron chi connectivity index (χ1n) is 10.1. The molecule has 4 rings (SSSR count). The normalized spacial score (nSPS) is 21.5. The van der Waals surface area contributed by atoms with Crippen molar-refractivity contribution in [1.29, 1.82) is 0 Å². The third-order valence-electron chi connectivity index (χ3n) is 5.25. The maximum Gasteiger partial charge on any atom is 0.261 e. The number of halogens is 2. The number of carbonyl (C=O) groups excluding carboxylic acids is 1. The Morgan fingerprint density at radius 3 is 2.70 bits per heavy atom. The molecular formula is C23H24ClFN2O2S. The second-order valence-electron chi connectivity index (χ2n) is 7.39. The van der Waals surface area contributed by atoms with Gasteiger partial charge < -0.3 is 9.64 Å². The van der Waals surface area contributed by atoms with Crippen molar-refractivity contribution in [3.63, 3.8) is 0 Å². The van der Waals surface area contributed by atoms with E-state index in [-0.39, 0.29) is 17.1 Å². The zero-order chi connectivity index (χ0) is 20.9. The molecular weight excluding hydrogens is 423 g/mol. The Morgan fingerprint density at radius 1 is 1.13 bits per heavy atom. The zero-order valence-corrected chi connectivity index (χ0v) is 18.2. The van der Waals surface area contributed by atoms with Gasteiger partial charge in [-0.25, -0.2) is 4.39 Å². The van der Waals surface area contributed by atoms with E-state index in [1.165, 1.54) is 23.9 Å². The van der Waals surface area contributed by atoms with Crippen molar-refractivity contribution in [3.05, 3.63) is 75.4 Å². The minimum absolute atomic E-state index is 0.0174. The highest BCUT2D eigenvalue weighted by atomic mass is 35.5. The van der Waals surface area contributed by atoms with Crippen molar-refractivity contribution in [2.45, 2.75) is 11.8 Å². The van der Waals surface area contributed by atoms with Gasteiger partial charge in [0.1, 0.15) is 11.2 Å². The number of hydrogen-bond donors (Lipinski definition) is 0. The molecule has 30 heavy (non-hydrogen) atoms. The molecule has 7 heteroatoms. The van der Waals surface area contributed by atoms with E-state index in [1.54, 1.807) is 18.2 Å². The van der Waals surface area contributed by atoms with E-state index in [0.29, 0.717) is 22.0 Å². The quantitative estimate of drug-likeness (QED) is 0.596. The van der Waals surface area contributed by atoms with Crippen LogP contribution >= 0.6 is 23.4 Å². The molecule has 2 aliphatic heterocycles. The van der Waals surface area contributed by atoms with Crippen molar-refractivity contribution in [1.82, 2.24) is 9.80 Å². The number of rotatable bonds is 6. The van der Waals surface area contributed by atoms with Gasteiger partial charge in [-0.2, -0.15) is 0 Å². The Bertz CT molecular complexity index is 933. The molecule has 1 amide bonds. The predicted octanol–water partition coefficient (Wildman–Crippen LogP) is 4.82. The van der Waals surface area contributed by atoms with Crippen LogP contribution in [-0.4, -0.2) is 55.1 Å². The third-order valence-corrected chi connectivity index (χ3v) is 6.78. The number of hydrogen-bond acceptors (Lipinski definition) is 4. The van der Waals surface area contributed by atoms with Crippen molar-refractivity contribution in [3.8, 4) is 0 Å². The lowest BCUT2D eigenvalue weighted by molar-refractivity contribution is -0.126. The van der Waals surface area contributed by atoms with Crippen LogP contribution in [-0.2, 0) is 9.53 Å². The van der Waals surface area contributed by atoms with E-state index in [0.717, 1.165) is 44.8 Å². The molecule has 2 saturated heterocycles. The molecule has 2 fully saturated rings. The number of morpholine rings is 1. The van der Waals surface area contributed by atoms with Crippen LogP contribution in [0.1, 0.15) is 22.9 Å². The SMILES string of the molecule is O=C1/C(=C/c2cccc(F)c2)SC(c2cccc(Cl)c2)N1CCCN1CCOCC1. The molecule has 0 saturated carbocycles. The highest BCUT2D eigenvalue weighted by molar-refractivity contribution is 8.04. The van der Waals surface area contributed by atoms with E-state index in [2.05, 4.69) is 4.90 Å². The predicted molar refractivity (Wildman–Crippen MR) is 120 cm³/mol. The summed E-state index contributed by atoms with van der Waals surface area (Å²) >= 11 is 7.71. The first-order chi connectivity index (χ1) is 14.6. The minimum Gasteiger partial charge on any atom is -0.379 e. The Labute approximate surface area is 185 Å². The molecule has 1 unspecified atom stereocenters. The number of ether oxygens (including phenoxy) is 1. The van der Waals surface area contributed by atoms with Crippen LogP contribution in [0.4, 0.5) is 4.39 Å². The summed E-state index contributed by atoms with van der Waals surface area (Å²) in [6.45, 7) is 4.99. The highest BCUT2D eigenvalue weighted by Gasteiger charge is 2.36. The molecule has 0 radical (unpaired) electrons. The van der Waals surface area contributed by atoms with E-state index in [4.69, 9.17) is 16.3 Å². The van der Waals surface area contributed by atoms with Gasteiger partial charge in [0.25, 0.3) is 5.91 Å². The molecule has 2 aromatic rings. The van der Waals surface area contributed by atoms with Crippen LogP contribution in [0.15, 0.2) is 53.4 Å². The largest absolute Gasteiger partial charge is 0.379 e. The van der Waals surface area contributed by atoms with E-state index >= 15 is 0 Å². The van der Waals surface area contributed by atoms with Crippen molar-refractivity contribution >= 4 is 35.3 Å². The maximum absolute atomic E-state index is 13.6. The summed E-state index contributed by atoms with van der Waals surface area (Å²) < 4.78 is 19.0. The molecule has 4 nitrogen and oxygen atoms in total. The van der Waals surface area contributed by atoms with Crippen LogP contribution in [0.25, 0.3) is 6.08 Å². The first kappa shape index (κ1) is 21.4. The average Bonchev–Trinajstić information content (AvgIpc) is 3.04. The molecule has 0 spiro atoms. The second-order valence-corrected chi connectivity index (χ2v) is 8.95. The van der Waals surface area contributed by atoms with Crippen LogP contribution in [0.5, 0.6) is 0 Å². The van der Waals surface area contributed by atoms with Gasteiger partial charge in [0.15, 0.2) is 0 Å². The number of nitrogens with zero attached hydrogens (tertiary/aromatic N) is 2. The summed E-state index contributed by atoms with van der Waals surface area (Å²) in [6, 6.07) is 13.9. The van der Waals surface area contributed by atoms with E-state index < -0.39 is 0 Å². The van der Waals surface area contributed by atoms with Gasteiger partial charge in [0, 0.05) is 31.2 Å². The fourth-order valence-electron chi connectivity index (χ4n) is 3.74. The van der Waals surface area contributed by atoms with Gasteiger partial charge in [0.2, 0.25) is 0 Å². The Balaban J connectivity index is 1.53. The van der Waals surface area contributed by atoms with Crippen LogP contribution in [0, 0.1) is 5.82 Å². The lowest BCUT2D eigenvalue weighted by Crippen LogP contribution is -2.38. The summed E-state index contributed by atoms with van der Waals surface area (Å²) in [4.78, 5) is 18.1. The van der Waals surface area contributed by atoms with Gasteiger partial charge in [-0.1, -0.05) is 47.6 Å². The second kappa shape index (κ2) is 9.96. The fraction of sp³-hybridized carbons (Fsp3) is 0.348. The van der Waals surface area contributed by atoms with Gasteiger partial charge in [-0.05, 0) is 47.9 Å². The lowest BCUT2D eigenvalue weighted by Gasteiger charge is -2.28. The third kappa shape index (κ3) is 5.24. The highest BCUT2D eigenvalue weighted by Crippen LogP contribution is 2.46. The van der Waals surface area contributed by atoms with E-state index in [9.17, 15) is 9.18 Å². The topological polar surface area (TPSA) is 32.8 Å². The molecule has 0 aliphatic carbocycles. The molecule has 1 atom stereocenters. The van der Waals surface area contributed by atoms with E-state index in [1.807, 2.05) is 29.2 Å². The smallest absolute Gasteiger partial charge is 0.261 e. The zero-order valence-electron chi connectivity index (χ0n) is 16.6. The molecule has 0 N–H and O–H groups in total. The molecule has 0 bridgehead atoms. The Hall–Kier alpha value is -1.86. The number of thioether (sulfide) groups is 1. The summed E-state index contributed by atoms with van der Waals surface area (Å²) in [5.74, 6) is -0.329. The molecule has 2 aliphatic rings. The lowest BCUT2D eigenvalue weighted by atomic mass is 10.2. The summed E-state index contributed by atoms with van der Waals surface area (Å²) in [6.07, 6.45) is 2.66. The summed E-state index contributed by atoms with van der Waals surface area (Å²) in [5, 5.41) is 0.511. The number of amides is 1. The molecule has 158 valence electrons. The van der Waals surface area contributed by atoms with Crippen LogP contribution < -0.4 is 0 Å². The number of carbonyl (C=O) groups is 1. The molecule has 0 aromatic heterocycles. The summed E-state index contributed by atoms with van der Waals surface area (Å²) in [5.41, 5.74) is 1.68. The first-order valence-corrected chi connectivity index (χ1v) is 11.4. The van der Waals surface area contributed by atoms with Crippen LogP contribution in [0.3, 0.4) is 0 Å². The van der Waals surface area contributed by atoms with Crippen molar-refractivity contribution in [2.24, 2.45) is 0 Å². The van der Waals surface area contributed by atoms with Gasteiger partial charge >= 0.3 is 0 Å². The molecule has 2 aromatic carbocycles. The minimum atomic E-state index is -0.312. The van der Waals surface area contributed by atoms with Gasteiger partial charge in [0.05, 0.1) is 18.1 Å². The Morgan fingerprint density at radius 2 is 1.93 bits per heavy atom. The van der Waals surface area contributed by atoms with Gasteiger partial charge in [-0.3, -0.25) is 9.69 Å². The maximum atomic E-state index is 13.6. The fourth-order valence-corrected chi connectivity index (χ4v) is 5.21. The Kier molecular flexibility index (Phi) is 7.10. The number of benzene rings is 2. The van der Waals surface area contributed by atoms with Crippen molar-refractivity contribution in [2.75, 3.05) is 39.4 Å². The van der Waals surface area contributed by atoms with Crippen LogP contribution in [0.2, 0.25) is 5.02 Å². The van der Waals surface area contributed by atoms with Gasteiger partial charge in [-0.15, -0.1) is 0 Å². The monoisotopic (exact) mass is 446 g/mol. The van der Waals surface area contributed by atoms with Crippen molar-refractivity contribution < 1.29 is 13.9 Å². The standard InChI is InChI=1S/C23H24ClFN2O2S/c24-19-6-2-5-18(16-19)23-27(9-3-8-26-10-12-29-13-11-26)22(28)21(30-23)15-17-4-1-7-20(25)14-17/h1-2,4-7,14-16,23H,3,8-13H2/b21-15-. The average molecular weight is 447 g/mol. The molecule has 2 heterocycles.